The largest absolute Gasteiger partial charge is 0.380 e. The van der Waals surface area contributed by atoms with Crippen LogP contribution >= 0.6 is 0 Å². The maximum Gasteiger partial charge on any atom is 0.0713 e. The third kappa shape index (κ3) is 4.28. The Morgan fingerprint density at radius 1 is 1.44 bits per heavy atom. The highest BCUT2D eigenvalue weighted by molar-refractivity contribution is 5.54. The number of nitrogens with one attached hydrogen (secondary N) is 1. The fourth-order valence-electron chi connectivity index (χ4n) is 2.02. The van der Waals surface area contributed by atoms with Gasteiger partial charge in [-0.2, -0.15) is 0 Å². The fraction of sp³-hybridized carbons (Fsp3) is 0.500. The zero-order valence-electron chi connectivity index (χ0n) is 11.4. The molecule has 1 aliphatic carbocycles. The minimum atomic E-state index is 0.684. The molecule has 1 fully saturated rings. The molecule has 0 bridgehead atoms. The first-order valence-corrected chi connectivity index (χ1v) is 6.82. The van der Waals surface area contributed by atoms with Crippen molar-refractivity contribution in [2.75, 3.05) is 13.7 Å². The number of hydrogen-bond donors (Lipinski definition) is 1. The molecular formula is C16H23NO. The van der Waals surface area contributed by atoms with Crippen LogP contribution in [-0.2, 0) is 11.3 Å². The lowest BCUT2D eigenvalue weighted by molar-refractivity contribution is 0.185. The summed E-state index contributed by atoms with van der Waals surface area (Å²) in [6, 6.07) is 9.35. The normalized spacial score (nSPS) is 16.0. The summed E-state index contributed by atoms with van der Waals surface area (Å²) in [5, 5.41) is 3.57. The van der Waals surface area contributed by atoms with E-state index >= 15 is 0 Å². The quantitative estimate of drug-likeness (QED) is 0.795. The molecule has 1 saturated carbocycles. The van der Waals surface area contributed by atoms with Crippen LogP contribution in [0.25, 0.3) is 6.08 Å². The molecule has 2 heteroatoms. The summed E-state index contributed by atoms with van der Waals surface area (Å²) in [4.78, 5) is 0. The standard InChI is InChI=1S/C16H23NO/c1-3-13(11-17-16-7-8-16)9-14-5-4-6-15(10-14)12-18-2/h4-6,9-10,16-17H,3,7-8,11-12H2,1-2H3. The van der Waals surface area contributed by atoms with Gasteiger partial charge in [0, 0.05) is 19.7 Å². The van der Waals surface area contributed by atoms with Crippen LogP contribution in [0.3, 0.4) is 0 Å². The maximum atomic E-state index is 5.17. The van der Waals surface area contributed by atoms with E-state index in [1.54, 1.807) is 7.11 Å². The van der Waals surface area contributed by atoms with Crippen molar-refractivity contribution in [3.63, 3.8) is 0 Å². The number of ether oxygens (including phenoxy) is 1. The molecule has 2 nitrogen and oxygen atoms in total. The van der Waals surface area contributed by atoms with Gasteiger partial charge in [-0.05, 0) is 36.5 Å². The summed E-state index contributed by atoms with van der Waals surface area (Å²) in [5.74, 6) is 0. The molecule has 1 aromatic carbocycles. The zero-order chi connectivity index (χ0) is 12.8. The van der Waals surface area contributed by atoms with Crippen LogP contribution in [0.1, 0.15) is 37.3 Å². The minimum absolute atomic E-state index is 0.684. The van der Waals surface area contributed by atoms with Crippen LogP contribution in [0.5, 0.6) is 0 Å². The van der Waals surface area contributed by atoms with Gasteiger partial charge in [0.05, 0.1) is 6.61 Å². The van der Waals surface area contributed by atoms with E-state index in [1.165, 1.54) is 29.5 Å². The average molecular weight is 245 g/mol. The molecule has 0 radical (unpaired) electrons. The summed E-state index contributed by atoms with van der Waals surface area (Å²) in [6.45, 7) is 3.93. The van der Waals surface area contributed by atoms with Gasteiger partial charge in [0.1, 0.15) is 0 Å². The molecule has 1 N–H and O–H groups in total. The lowest BCUT2D eigenvalue weighted by Crippen LogP contribution is -2.18. The van der Waals surface area contributed by atoms with Crippen molar-refractivity contribution in [1.82, 2.24) is 5.32 Å². The number of rotatable bonds is 7. The Hall–Kier alpha value is -1.12. The molecule has 0 saturated heterocycles. The van der Waals surface area contributed by atoms with Crippen LogP contribution in [0, 0.1) is 0 Å². The zero-order valence-corrected chi connectivity index (χ0v) is 11.4. The summed E-state index contributed by atoms with van der Waals surface area (Å²) >= 11 is 0. The van der Waals surface area contributed by atoms with E-state index in [0.717, 1.165) is 19.0 Å². The van der Waals surface area contributed by atoms with Crippen LogP contribution in [0.15, 0.2) is 29.8 Å². The SMILES string of the molecule is CCC(=Cc1cccc(COC)c1)CNC1CC1. The first kappa shape index (κ1) is 13.3. The molecule has 2 rings (SSSR count). The van der Waals surface area contributed by atoms with Crippen LogP contribution in [0.2, 0.25) is 0 Å². The Morgan fingerprint density at radius 2 is 2.28 bits per heavy atom. The Balaban J connectivity index is 2.00. The van der Waals surface area contributed by atoms with Gasteiger partial charge in [-0.3, -0.25) is 0 Å². The van der Waals surface area contributed by atoms with E-state index in [9.17, 15) is 0 Å². The molecule has 0 atom stereocenters. The van der Waals surface area contributed by atoms with Crippen molar-refractivity contribution in [3.8, 4) is 0 Å². The molecule has 1 aliphatic rings. The van der Waals surface area contributed by atoms with E-state index in [-0.39, 0.29) is 0 Å². The van der Waals surface area contributed by atoms with E-state index in [1.807, 2.05) is 0 Å². The highest BCUT2D eigenvalue weighted by Gasteiger charge is 2.19. The minimum Gasteiger partial charge on any atom is -0.380 e. The molecular weight excluding hydrogens is 222 g/mol. The monoisotopic (exact) mass is 245 g/mol. The van der Waals surface area contributed by atoms with Gasteiger partial charge in [0.2, 0.25) is 0 Å². The van der Waals surface area contributed by atoms with Gasteiger partial charge in [-0.15, -0.1) is 0 Å². The molecule has 98 valence electrons. The lowest BCUT2D eigenvalue weighted by atomic mass is 10.1. The predicted molar refractivity (Wildman–Crippen MR) is 76.4 cm³/mol. The average Bonchev–Trinajstić information content (AvgIpc) is 3.19. The lowest BCUT2D eigenvalue weighted by Gasteiger charge is -2.07. The van der Waals surface area contributed by atoms with Gasteiger partial charge in [-0.25, -0.2) is 0 Å². The highest BCUT2D eigenvalue weighted by Crippen LogP contribution is 2.19. The van der Waals surface area contributed by atoms with Crippen LogP contribution in [-0.4, -0.2) is 19.7 Å². The second kappa shape index (κ2) is 6.72. The van der Waals surface area contributed by atoms with Gasteiger partial charge in [0.15, 0.2) is 0 Å². The topological polar surface area (TPSA) is 21.3 Å². The van der Waals surface area contributed by atoms with Gasteiger partial charge < -0.3 is 10.1 Å². The van der Waals surface area contributed by atoms with Crippen molar-refractivity contribution in [1.29, 1.82) is 0 Å². The van der Waals surface area contributed by atoms with Crippen molar-refractivity contribution < 1.29 is 4.74 Å². The smallest absolute Gasteiger partial charge is 0.0713 e. The fourth-order valence-corrected chi connectivity index (χ4v) is 2.02. The second-order valence-electron chi connectivity index (χ2n) is 4.99. The van der Waals surface area contributed by atoms with Crippen molar-refractivity contribution in [3.05, 3.63) is 41.0 Å². The molecule has 0 heterocycles. The van der Waals surface area contributed by atoms with Crippen LogP contribution in [0.4, 0.5) is 0 Å². The summed E-state index contributed by atoms with van der Waals surface area (Å²) < 4.78 is 5.17. The van der Waals surface area contributed by atoms with Crippen molar-refractivity contribution in [2.24, 2.45) is 0 Å². The first-order valence-electron chi connectivity index (χ1n) is 6.82. The molecule has 0 spiro atoms. The van der Waals surface area contributed by atoms with Crippen molar-refractivity contribution >= 4 is 6.08 Å². The predicted octanol–water partition coefficient (Wildman–Crippen LogP) is 3.38. The summed E-state index contributed by atoms with van der Waals surface area (Å²) in [5.41, 5.74) is 3.98. The number of hydrogen-bond acceptors (Lipinski definition) is 2. The van der Waals surface area contributed by atoms with Crippen molar-refractivity contribution in [2.45, 2.75) is 38.8 Å². The van der Waals surface area contributed by atoms with Crippen LogP contribution < -0.4 is 5.32 Å². The Kier molecular flexibility index (Phi) is 4.97. The van der Waals surface area contributed by atoms with E-state index < -0.39 is 0 Å². The molecule has 0 aromatic heterocycles. The Bertz CT molecular complexity index is 407. The molecule has 1 aromatic rings. The molecule has 0 unspecified atom stereocenters. The Labute approximate surface area is 110 Å². The van der Waals surface area contributed by atoms with E-state index in [0.29, 0.717) is 6.61 Å². The molecule has 18 heavy (non-hydrogen) atoms. The summed E-state index contributed by atoms with van der Waals surface area (Å²) in [6.07, 6.45) is 6.10. The second-order valence-corrected chi connectivity index (χ2v) is 4.99. The molecule has 0 aliphatic heterocycles. The first-order chi connectivity index (χ1) is 8.81. The molecule has 0 amide bonds. The van der Waals surface area contributed by atoms with Gasteiger partial charge >= 0.3 is 0 Å². The van der Waals surface area contributed by atoms with E-state index in [4.69, 9.17) is 4.74 Å². The highest BCUT2D eigenvalue weighted by atomic mass is 16.5. The maximum absolute atomic E-state index is 5.17. The third-order valence-electron chi connectivity index (χ3n) is 3.28. The van der Waals surface area contributed by atoms with E-state index in [2.05, 4.69) is 42.6 Å². The van der Waals surface area contributed by atoms with Gasteiger partial charge in [0.25, 0.3) is 0 Å². The third-order valence-corrected chi connectivity index (χ3v) is 3.28. The number of methoxy groups -OCH3 is 1. The Morgan fingerprint density at radius 3 is 2.94 bits per heavy atom. The number of benzene rings is 1. The summed E-state index contributed by atoms with van der Waals surface area (Å²) in [7, 11) is 1.74. The van der Waals surface area contributed by atoms with Gasteiger partial charge in [-0.1, -0.05) is 36.8 Å².